The number of hydrogen-bond donors (Lipinski definition) is 1. The molecule has 0 saturated carbocycles. The molecule has 0 radical (unpaired) electrons. The number of nitrogens with one attached hydrogen (secondary N) is 1. The minimum Gasteiger partial charge on any atom is -0.492 e. The zero-order valence-corrected chi connectivity index (χ0v) is 15.4. The number of aryl methyl sites for hydroxylation is 1. The summed E-state index contributed by atoms with van der Waals surface area (Å²) in [5, 5.41) is 2.94. The van der Waals surface area contributed by atoms with Gasteiger partial charge >= 0.3 is 6.03 Å². The van der Waals surface area contributed by atoms with Gasteiger partial charge in [0, 0.05) is 32.7 Å². The first-order valence-electron chi connectivity index (χ1n) is 9.19. The summed E-state index contributed by atoms with van der Waals surface area (Å²) in [5.41, 5.74) is 2.62. The Labute approximate surface area is 155 Å². The molecule has 26 heavy (non-hydrogen) atoms. The molecule has 1 fully saturated rings. The van der Waals surface area contributed by atoms with Gasteiger partial charge in [-0.3, -0.25) is 4.90 Å². The molecular formula is C21H27N3O2. The second-order valence-corrected chi connectivity index (χ2v) is 6.65. The van der Waals surface area contributed by atoms with E-state index in [0.717, 1.165) is 38.5 Å². The molecule has 1 aliphatic rings. The van der Waals surface area contributed by atoms with E-state index < -0.39 is 0 Å². The minimum atomic E-state index is -0.00290. The van der Waals surface area contributed by atoms with E-state index in [4.69, 9.17) is 4.74 Å². The average molecular weight is 353 g/mol. The summed E-state index contributed by atoms with van der Waals surface area (Å²) in [5.74, 6) is 0.825. The lowest BCUT2D eigenvalue weighted by molar-refractivity contribution is 0.134. The number of amides is 2. The van der Waals surface area contributed by atoms with E-state index in [1.807, 2.05) is 35.2 Å². The summed E-state index contributed by atoms with van der Waals surface area (Å²) in [6.07, 6.45) is 0. The molecule has 0 atom stereocenters. The van der Waals surface area contributed by atoms with Crippen molar-refractivity contribution in [2.24, 2.45) is 0 Å². The summed E-state index contributed by atoms with van der Waals surface area (Å²) in [4.78, 5) is 16.5. The first-order valence-corrected chi connectivity index (χ1v) is 9.19. The molecule has 2 aromatic rings. The Hall–Kier alpha value is -2.53. The Morgan fingerprint density at radius 3 is 2.54 bits per heavy atom. The van der Waals surface area contributed by atoms with Gasteiger partial charge in [-0.2, -0.15) is 0 Å². The number of hydrogen-bond acceptors (Lipinski definition) is 3. The number of ether oxygens (including phenoxy) is 1. The van der Waals surface area contributed by atoms with Gasteiger partial charge in [-0.1, -0.05) is 48.0 Å². The van der Waals surface area contributed by atoms with E-state index in [0.29, 0.717) is 13.2 Å². The highest BCUT2D eigenvalue weighted by atomic mass is 16.5. The summed E-state index contributed by atoms with van der Waals surface area (Å²) in [7, 11) is 0. The molecule has 0 aromatic heterocycles. The van der Waals surface area contributed by atoms with E-state index in [9.17, 15) is 4.79 Å². The molecule has 0 bridgehead atoms. The van der Waals surface area contributed by atoms with Crippen LogP contribution in [0.25, 0.3) is 0 Å². The maximum Gasteiger partial charge on any atom is 0.317 e. The van der Waals surface area contributed by atoms with Crippen LogP contribution in [0.2, 0.25) is 0 Å². The van der Waals surface area contributed by atoms with Gasteiger partial charge in [0.2, 0.25) is 0 Å². The lowest BCUT2D eigenvalue weighted by atomic mass is 10.1. The SMILES string of the molecule is Cc1cccc(CN2CCN(C(=O)NCCOc3ccccc3)CC2)c1. The van der Waals surface area contributed by atoms with Gasteiger partial charge in [-0.15, -0.1) is 0 Å². The maximum atomic E-state index is 12.3. The fourth-order valence-corrected chi connectivity index (χ4v) is 3.13. The van der Waals surface area contributed by atoms with Crippen LogP contribution in [-0.4, -0.2) is 55.2 Å². The van der Waals surface area contributed by atoms with Crippen LogP contribution >= 0.6 is 0 Å². The van der Waals surface area contributed by atoms with Crippen molar-refractivity contribution in [2.75, 3.05) is 39.3 Å². The Morgan fingerprint density at radius 1 is 1.04 bits per heavy atom. The molecule has 2 amide bonds. The second-order valence-electron chi connectivity index (χ2n) is 6.65. The van der Waals surface area contributed by atoms with Crippen LogP contribution in [0.1, 0.15) is 11.1 Å². The van der Waals surface area contributed by atoms with Gasteiger partial charge < -0.3 is 15.0 Å². The quantitative estimate of drug-likeness (QED) is 0.812. The number of benzene rings is 2. The van der Waals surface area contributed by atoms with E-state index in [-0.39, 0.29) is 6.03 Å². The smallest absolute Gasteiger partial charge is 0.317 e. The number of piperazine rings is 1. The Morgan fingerprint density at radius 2 is 1.81 bits per heavy atom. The van der Waals surface area contributed by atoms with Crippen molar-refractivity contribution in [2.45, 2.75) is 13.5 Å². The zero-order chi connectivity index (χ0) is 18.2. The van der Waals surface area contributed by atoms with Crippen LogP contribution in [0.4, 0.5) is 4.79 Å². The molecule has 0 spiro atoms. The number of carbonyl (C=O) groups is 1. The fraction of sp³-hybridized carbons (Fsp3) is 0.381. The van der Waals surface area contributed by atoms with Gasteiger partial charge in [0.1, 0.15) is 12.4 Å². The van der Waals surface area contributed by atoms with Crippen molar-refractivity contribution in [3.8, 4) is 5.75 Å². The van der Waals surface area contributed by atoms with Crippen molar-refractivity contribution in [1.29, 1.82) is 0 Å². The van der Waals surface area contributed by atoms with Gasteiger partial charge in [-0.05, 0) is 24.6 Å². The highest BCUT2D eigenvalue weighted by Gasteiger charge is 2.20. The highest BCUT2D eigenvalue weighted by Crippen LogP contribution is 2.11. The molecule has 138 valence electrons. The van der Waals surface area contributed by atoms with Crippen LogP contribution in [0.5, 0.6) is 5.75 Å². The lowest BCUT2D eigenvalue weighted by Crippen LogP contribution is -2.51. The van der Waals surface area contributed by atoms with Crippen molar-refractivity contribution in [1.82, 2.24) is 15.1 Å². The fourth-order valence-electron chi connectivity index (χ4n) is 3.13. The Kier molecular flexibility index (Phi) is 6.50. The number of urea groups is 1. The minimum absolute atomic E-state index is 0.00290. The van der Waals surface area contributed by atoms with Crippen molar-refractivity contribution >= 4 is 6.03 Å². The monoisotopic (exact) mass is 353 g/mol. The standard InChI is InChI=1S/C21H27N3O2/c1-18-6-5-7-19(16-18)17-23-11-13-24(14-12-23)21(25)22-10-15-26-20-8-3-2-4-9-20/h2-9,16H,10-15,17H2,1H3,(H,22,25). The number of para-hydroxylation sites is 1. The summed E-state index contributed by atoms with van der Waals surface area (Å²) < 4.78 is 5.60. The van der Waals surface area contributed by atoms with Gasteiger partial charge in [0.25, 0.3) is 0 Å². The topological polar surface area (TPSA) is 44.8 Å². The zero-order valence-electron chi connectivity index (χ0n) is 15.4. The molecule has 1 aliphatic heterocycles. The maximum absolute atomic E-state index is 12.3. The van der Waals surface area contributed by atoms with Gasteiger partial charge in [0.15, 0.2) is 0 Å². The predicted molar refractivity (Wildman–Crippen MR) is 103 cm³/mol. The third kappa shape index (κ3) is 5.49. The molecule has 1 saturated heterocycles. The normalized spacial score (nSPS) is 14.9. The molecule has 1 heterocycles. The lowest BCUT2D eigenvalue weighted by Gasteiger charge is -2.34. The van der Waals surface area contributed by atoms with Crippen LogP contribution in [-0.2, 0) is 6.54 Å². The number of rotatable bonds is 6. The highest BCUT2D eigenvalue weighted by molar-refractivity contribution is 5.74. The molecule has 2 aromatic carbocycles. The first-order chi connectivity index (χ1) is 12.7. The molecule has 5 nitrogen and oxygen atoms in total. The molecule has 0 unspecified atom stereocenters. The van der Waals surface area contributed by atoms with Gasteiger partial charge in [-0.25, -0.2) is 4.79 Å². The molecule has 3 rings (SSSR count). The van der Waals surface area contributed by atoms with E-state index in [2.05, 4.69) is 41.4 Å². The Bertz CT molecular complexity index is 697. The number of nitrogens with zero attached hydrogens (tertiary/aromatic N) is 2. The van der Waals surface area contributed by atoms with Crippen molar-refractivity contribution in [3.05, 3.63) is 65.7 Å². The van der Waals surface area contributed by atoms with Crippen LogP contribution in [0.3, 0.4) is 0 Å². The third-order valence-electron chi connectivity index (χ3n) is 4.54. The van der Waals surface area contributed by atoms with E-state index in [1.165, 1.54) is 11.1 Å². The third-order valence-corrected chi connectivity index (χ3v) is 4.54. The van der Waals surface area contributed by atoms with Crippen LogP contribution < -0.4 is 10.1 Å². The molecular weight excluding hydrogens is 326 g/mol. The van der Waals surface area contributed by atoms with E-state index >= 15 is 0 Å². The van der Waals surface area contributed by atoms with Crippen molar-refractivity contribution in [3.63, 3.8) is 0 Å². The molecule has 0 aliphatic carbocycles. The molecule has 1 N–H and O–H groups in total. The second kappa shape index (κ2) is 9.25. The Balaban J connectivity index is 1.34. The number of carbonyl (C=O) groups excluding carboxylic acids is 1. The van der Waals surface area contributed by atoms with Crippen LogP contribution in [0, 0.1) is 6.92 Å². The van der Waals surface area contributed by atoms with E-state index in [1.54, 1.807) is 0 Å². The summed E-state index contributed by atoms with van der Waals surface area (Å²) in [6.45, 7) is 7.38. The van der Waals surface area contributed by atoms with Crippen molar-refractivity contribution < 1.29 is 9.53 Å². The van der Waals surface area contributed by atoms with Crippen LogP contribution in [0.15, 0.2) is 54.6 Å². The summed E-state index contributed by atoms with van der Waals surface area (Å²) in [6, 6.07) is 18.3. The molecule has 5 heteroatoms. The van der Waals surface area contributed by atoms with Gasteiger partial charge in [0.05, 0.1) is 6.54 Å². The largest absolute Gasteiger partial charge is 0.492 e. The average Bonchev–Trinajstić information content (AvgIpc) is 2.66. The predicted octanol–water partition coefficient (Wildman–Crippen LogP) is 2.90. The first kappa shape index (κ1) is 18.3. The summed E-state index contributed by atoms with van der Waals surface area (Å²) >= 11 is 0.